The van der Waals surface area contributed by atoms with Crippen molar-refractivity contribution in [2.75, 3.05) is 6.54 Å². The molecule has 0 fully saturated rings. The van der Waals surface area contributed by atoms with Crippen LogP contribution in [0.4, 0.5) is 0 Å². The van der Waals surface area contributed by atoms with Crippen molar-refractivity contribution in [1.82, 2.24) is 9.88 Å². The zero-order valence-corrected chi connectivity index (χ0v) is 12.0. The van der Waals surface area contributed by atoms with E-state index in [1.54, 1.807) is 12.1 Å². The lowest BCUT2D eigenvalue weighted by Crippen LogP contribution is -2.30. The van der Waals surface area contributed by atoms with E-state index in [4.69, 9.17) is 5.11 Å². The van der Waals surface area contributed by atoms with Crippen molar-refractivity contribution in [3.8, 4) is 0 Å². The van der Waals surface area contributed by atoms with Gasteiger partial charge in [0.25, 0.3) is 0 Å². The van der Waals surface area contributed by atoms with Crippen molar-refractivity contribution in [2.24, 2.45) is 0 Å². The smallest absolute Gasteiger partial charge is 0.337 e. The standard InChI is InChI=1S/C17H18N2O2/c1-12-3-2-4-14-10-19(8-7-16(12)14)11-15-6-5-13(9-18-15)17(20)21/h2-6,9H,7-8,10-11H2,1H3,(H,20,21). The van der Waals surface area contributed by atoms with Gasteiger partial charge in [-0.25, -0.2) is 4.79 Å². The Labute approximate surface area is 124 Å². The second-order valence-electron chi connectivity index (χ2n) is 5.52. The van der Waals surface area contributed by atoms with Crippen LogP contribution >= 0.6 is 0 Å². The fourth-order valence-electron chi connectivity index (χ4n) is 2.87. The molecule has 0 bridgehead atoms. The van der Waals surface area contributed by atoms with Gasteiger partial charge >= 0.3 is 5.97 Å². The lowest BCUT2D eigenvalue weighted by molar-refractivity contribution is 0.0696. The number of fused-ring (bicyclic) bond motifs is 1. The van der Waals surface area contributed by atoms with Crippen LogP contribution in [0.25, 0.3) is 0 Å². The quantitative estimate of drug-likeness (QED) is 0.940. The van der Waals surface area contributed by atoms with E-state index in [1.165, 1.54) is 22.9 Å². The van der Waals surface area contributed by atoms with Gasteiger partial charge in [-0.15, -0.1) is 0 Å². The molecule has 0 spiro atoms. The molecule has 1 aliphatic rings. The van der Waals surface area contributed by atoms with Gasteiger partial charge in [0, 0.05) is 25.8 Å². The third-order valence-corrected chi connectivity index (χ3v) is 4.04. The first-order chi connectivity index (χ1) is 10.1. The Morgan fingerprint density at radius 1 is 1.33 bits per heavy atom. The molecule has 0 unspecified atom stereocenters. The van der Waals surface area contributed by atoms with E-state index >= 15 is 0 Å². The minimum Gasteiger partial charge on any atom is -0.478 e. The molecule has 1 aliphatic heterocycles. The summed E-state index contributed by atoms with van der Waals surface area (Å²) in [7, 11) is 0. The zero-order valence-electron chi connectivity index (χ0n) is 12.0. The highest BCUT2D eigenvalue weighted by Gasteiger charge is 2.17. The molecule has 0 amide bonds. The molecule has 0 atom stereocenters. The van der Waals surface area contributed by atoms with Crippen LogP contribution < -0.4 is 0 Å². The van der Waals surface area contributed by atoms with Crippen LogP contribution in [-0.2, 0) is 19.5 Å². The fourth-order valence-corrected chi connectivity index (χ4v) is 2.87. The van der Waals surface area contributed by atoms with E-state index in [0.717, 1.165) is 31.7 Å². The highest BCUT2D eigenvalue weighted by molar-refractivity contribution is 5.87. The number of carboxylic acids is 1. The number of rotatable bonds is 3. The maximum absolute atomic E-state index is 10.8. The summed E-state index contributed by atoms with van der Waals surface area (Å²) in [6.45, 7) is 4.87. The van der Waals surface area contributed by atoms with Crippen molar-refractivity contribution in [2.45, 2.75) is 26.4 Å². The Balaban J connectivity index is 1.71. The van der Waals surface area contributed by atoms with Gasteiger partial charge in [0.2, 0.25) is 0 Å². The van der Waals surface area contributed by atoms with Crippen LogP contribution in [0.3, 0.4) is 0 Å². The number of hydrogen-bond donors (Lipinski definition) is 1. The summed E-state index contributed by atoms with van der Waals surface area (Å²) in [5.74, 6) is -0.934. The van der Waals surface area contributed by atoms with Gasteiger partial charge in [-0.3, -0.25) is 9.88 Å². The van der Waals surface area contributed by atoms with Crippen molar-refractivity contribution >= 4 is 5.97 Å². The van der Waals surface area contributed by atoms with Crippen molar-refractivity contribution in [1.29, 1.82) is 0 Å². The Bertz CT molecular complexity index is 665. The summed E-state index contributed by atoms with van der Waals surface area (Å²) in [5.41, 5.74) is 5.39. The van der Waals surface area contributed by atoms with Crippen LogP contribution in [0.15, 0.2) is 36.5 Å². The number of aromatic nitrogens is 1. The first-order valence-corrected chi connectivity index (χ1v) is 7.11. The fraction of sp³-hybridized carbons (Fsp3) is 0.294. The first kappa shape index (κ1) is 13.8. The molecule has 1 N–H and O–H groups in total. The number of aryl methyl sites for hydroxylation is 1. The number of carboxylic acid groups (broad SMARTS) is 1. The lowest BCUT2D eigenvalue weighted by Gasteiger charge is -2.29. The molecule has 0 saturated heterocycles. The number of carbonyl (C=O) groups is 1. The molecule has 1 aromatic carbocycles. The van der Waals surface area contributed by atoms with Gasteiger partial charge in [0.15, 0.2) is 0 Å². The number of benzene rings is 1. The van der Waals surface area contributed by atoms with Gasteiger partial charge in [-0.1, -0.05) is 18.2 Å². The molecule has 2 heterocycles. The van der Waals surface area contributed by atoms with E-state index in [0.29, 0.717) is 0 Å². The average Bonchev–Trinajstić information content (AvgIpc) is 2.48. The molecule has 3 rings (SSSR count). The summed E-state index contributed by atoms with van der Waals surface area (Å²) in [4.78, 5) is 17.4. The first-order valence-electron chi connectivity index (χ1n) is 7.11. The SMILES string of the molecule is Cc1cccc2c1CCN(Cc1ccc(C(=O)O)cn1)C2. The molecule has 108 valence electrons. The topological polar surface area (TPSA) is 53.4 Å². The maximum atomic E-state index is 10.8. The molecular formula is C17H18N2O2. The Morgan fingerprint density at radius 2 is 2.19 bits per heavy atom. The molecule has 1 aromatic heterocycles. The summed E-state index contributed by atoms with van der Waals surface area (Å²) in [6.07, 6.45) is 2.49. The van der Waals surface area contributed by atoms with Gasteiger partial charge in [0.05, 0.1) is 11.3 Å². The second-order valence-corrected chi connectivity index (χ2v) is 5.52. The molecule has 4 nitrogen and oxygen atoms in total. The van der Waals surface area contributed by atoms with Gasteiger partial charge in [-0.2, -0.15) is 0 Å². The van der Waals surface area contributed by atoms with E-state index in [2.05, 4.69) is 35.0 Å². The summed E-state index contributed by atoms with van der Waals surface area (Å²) in [6, 6.07) is 9.88. The van der Waals surface area contributed by atoms with Crippen molar-refractivity contribution < 1.29 is 9.90 Å². The number of hydrogen-bond acceptors (Lipinski definition) is 3. The molecule has 0 radical (unpaired) electrons. The molecule has 0 saturated carbocycles. The Hall–Kier alpha value is -2.20. The minimum absolute atomic E-state index is 0.235. The minimum atomic E-state index is -0.934. The number of pyridine rings is 1. The van der Waals surface area contributed by atoms with Gasteiger partial charge in [0.1, 0.15) is 0 Å². The number of aromatic carboxylic acids is 1. The van der Waals surface area contributed by atoms with Crippen LogP contribution in [0, 0.1) is 6.92 Å². The maximum Gasteiger partial charge on any atom is 0.337 e. The van der Waals surface area contributed by atoms with E-state index < -0.39 is 5.97 Å². The van der Waals surface area contributed by atoms with Crippen molar-refractivity contribution in [3.05, 3.63) is 64.5 Å². The van der Waals surface area contributed by atoms with Crippen LogP contribution in [0.1, 0.15) is 32.7 Å². The Kier molecular flexibility index (Phi) is 3.71. The van der Waals surface area contributed by atoms with Crippen molar-refractivity contribution in [3.63, 3.8) is 0 Å². The lowest BCUT2D eigenvalue weighted by atomic mass is 9.95. The third-order valence-electron chi connectivity index (χ3n) is 4.04. The van der Waals surface area contributed by atoms with Gasteiger partial charge < -0.3 is 5.11 Å². The van der Waals surface area contributed by atoms with Crippen LogP contribution in [0.2, 0.25) is 0 Å². The van der Waals surface area contributed by atoms with Crippen LogP contribution in [-0.4, -0.2) is 27.5 Å². The molecule has 21 heavy (non-hydrogen) atoms. The predicted octanol–water partition coefficient (Wildman–Crippen LogP) is 2.65. The Morgan fingerprint density at radius 3 is 2.90 bits per heavy atom. The zero-order chi connectivity index (χ0) is 14.8. The van der Waals surface area contributed by atoms with Crippen LogP contribution in [0.5, 0.6) is 0 Å². The van der Waals surface area contributed by atoms with Gasteiger partial charge in [-0.05, 0) is 42.2 Å². The van der Waals surface area contributed by atoms with E-state index in [9.17, 15) is 4.79 Å². The van der Waals surface area contributed by atoms with E-state index in [1.807, 2.05) is 0 Å². The van der Waals surface area contributed by atoms with E-state index in [-0.39, 0.29) is 5.56 Å². The second kappa shape index (κ2) is 5.66. The molecule has 2 aromatic rings. The average molecular weight is 282 g/mol. The normalized spacial score (nSPS) is 14.7. The largest absolute Gasteiger partial charge is 0.478 e. The summed E-state index contributed by atoms with van der Waals surface area (Å²) < 4.78 is 0. The monoisotopic (exact) mass is 282 g/mol. The summed E-state index contributed by atoms with van der Waals surface area (Å²) >= 11 is 0. The molecular weight excluding hydrogens is 264 g/mol. The highest BCUT2D eigenvalue weighted by atomic mass is 16.4. The molecule has 0 aliphatic carbocycles. The summed E-state index contributed by atoms with van der Waals surface area (Å²) in [5, 5.41) is 8.88. The third kappa shape index (κ3) is 2.95. The number of nitrogens with zero attached hydrogens (tertiary/aromatic N) is 2. The molecule has 4 heteroatoms. The predicted molar refractivity (Wildman–Crippen MR) is 80.2 cm³/mol. The highest BCUT2D eigenvalue weighted by Crippen LogP contribution is 2.22.